The molecule has 2 heteroatoms. The number of fused-ring (bicyclic) bond motifs is 3. The van der Waals surface area contributed by atoms with Crippen molar-refractivity contribution in [3.05, 3.63) is 29.5 Å². The molecule has 0 saturated carbocycles. The van der Waals surface area contributed by atoms with E-state index in [9.17, 15) is 5.11 Å². The Labute approximate surface area is 159 Å². The highest BCUT2D eigenvalue weighted by molar-refractivity contribution is 5.86. The lowest BCUT2D eigenvalue weighted by Crippen LogP contribution is -2.08. The van der Waals surface area contributed by atoms with Gasteiger partial charge in [-0.15, -0.1) is 0 Å². The van der Waals surface area contributed by atoms with Gasteiger partial charge in [-0.25, -0.2) is 0 Å². The molecule has 1 aliphatic carbocycles. The highest BCUT2D eigenvalue weighted by Crippen LogP contribution is 2.40. The van der Waals surface area contributed by atoms with E-state index in [1.807, 2.05) is 12.1 Å². The standard InChI is InChI=1S/C24H37NO/c1-2-3-4-5-6-7-8-9-10-11-13-19-14-12-15-22-24(19)21-17-16-20(26)18-23(21)25-22/h16-19,25-26H,2-15H2,1H3. The lowest BCUT2D eigenvalue weighted by atomic mass is 9.82. The Morgan fingerprint density at radius 1 is 0.962 bits per heavy atom. The maximum Gasteiger partial charge on any atom is 0.117 e. The maximum atomic E-state index is 9.74. The zero-order chi connectivity index (χ0) is 18.2. The van der Waals surface area contributed by atoms with Crippen LogP contribution in [0.15, 0.2) is 18.2 Å². The van der Waals surface area contributed by atoms with Gasteiger partial charge < -0.3 is 10.1 Å². The fraction of sp³-hybridized carbons (Fsp3) is 0.667. The average molecular weight is 356 g/mol. The van der Waals surface area contributed by atoms with Crippen LogP contribution in [0.5, 0.6) is 5.75 Å². The Hall–Kier alpha value is -1.44. The Morgan fingerprint density at radius 3 is 2.38 bits per heavy atom. The number of H-pyrrole nitrogens is 1. The quantitative estimate of drug-likeness (QED) is 0.400. The third-order valence-corrected chi connectivity index (χ3v) is 6.20. The number of hydrogen-bond donors (Lipinski definition) is 2. The third kappa shape index (κ3) is 5.05. The predicted octanol–water partition coefficient (Wildman–Crippen LogP) is 7.60. The van der Waals surface area contributed by atoms with Crippen LogP contribution in [0.1, 0.15) is 108 Å². The van der Waals surface area contributed by atoms with Gasteiger partial charge in [0.1, 0.15) is 5.75 Å². The molecule has 0 fully saturated rings. The van der Waals surface area contributed by atoms with Gasteiger partial charge in [0, 0.05) is 22.7 Å². The van der Waals surface area contributed by atoms with Gasteiger partial charge in [0.05, 0.1) is 0 Å². The molecule has 0 saturated heterocycles. The van der Waals surface area contributed by atoms with E-state index in [1.54, 1.807) is 5.56 Å². The van der Waals surface area contributed by atoms with Crippen LogP contribution in [-0.4, -0.2) is 10.1 Å². The summed E-state index contributed by atoms with van der Waals surface area (Å²) in [5, 5.41) is 11.1. The maximum absolute atomic E-state index is 9.74. The zero-order valence-corrected chi connectivity index (χ0v) is 16.7. The fourth-order valence-corrected chi connectivity index (χ4v) is 4.76. The first-order chi connectivity index (χ1) is 12.8. The minimum Gasteiger partial charge on any atom is -0.508 e. The molecule has 1 aliphatic rings. The average Bonchev–Trinajstić information content (AvgIpc) is 3.01. The number of phenols is 1. The van der Waals surface area contributed by atoms with Crippen LogP contribution in [0, 0.1) is 0 Å². The molecule has 1 aromatic carbocycles. The summed E-state index contributed by atoms with van der Waals surface area (Å²) in [5.41, 5.74) is 4.10. The van der Waals surface area contributed by atoms with Crippen molar-refractivity contribution in [2.24, 2.45) is 0 Å². The van der Waals surface area contributed by atoms with Gasteiger partial charge in [0.25, 0.3) is 0 Å². The monoisotopic (exact) mass is 355 g/mol. The van der Waals surface area contributed by atoms with Crippen LogP contribution >= 0.6 is 0 Å². The number of phenolic OH excluding ortho intramolecular Hbond substituents is 1. The van der Waals surface area contributed by atoms with Crippen molar-refractivity contribution < 1.29 is 5.11 Å². The Morgan fingerprint density at radius 2 is 1.65 bits per heavy atom. The number of benzene rings is 1. The van der Waals surface area contributed by atoms with Crippen molar-refractivity contribution in [3.63, 3.8) is 0 Å². The van der Waals surface area contributed by atoms with Crippen molar-refractivity contribution in [2.75, 3.05) is 0 Å². The van der Waals surface area contributed by atoms with Crippen LogP contribution in [0.3, 0.4) is 0 Å². The Balaban J connectivity index is 1.41. The minimum absolute atomic E-state index is 0.363. The second kappa shape index (κ2) is 10.0. The molecule has 1 unspecified atom stereocenters. The number of nitrogens with one attached hydrogen (secondary N) is 1. The van der Waals surface area contributed by atoms with Crippen molar-refractivity contribution in [1.82, 2.24) is 4.98 Å². The van der Waals surface area contributed by atoms with Gasteiger partial charge in [-0.3, -0.25) is 0 Å². The van der Waals surface area contributed by atoms with E-state index in [1.165, 1.54) is 101 Å². The van der Waals surface area contributed by atoms with Gasteiger partial charge >= 0.3 is 0 Å². The molecule has 1 atom stereocenters. The molecule has 144 valence electrons. The summed E-state index contributed by atoms with van der Waals surface area (Å²) in [4.78, 5) is 3.57. The fourth-order valence-electron chi connectivity index (χ4n) is 4.76. The number of rotatable bonds is 11. The van der Waals surface area contributed by atoms with Gasteiger partial charge in [-0.05, 0) is 49.3 Å². The highest BCUT2D eigenvalue weighted by atomic mass is 16.3. The van der Waals surface area contributed by atoms with Gasteiger partial charge in [0.15, 0.2) is 0 Å². The summed E-state index contributed by atoms with van der Waals surface area (Å²) in [6.45, 7) is 2.29. The second-order valence-corrected chi connectivity index (χ2v) is 8.31. The predicted molar refractivity (Wildman–Crippen MR) is 112 cm³/mol. The summed E-state index contributed by atoms with van der Waals surface area (Å²) in [5.74, 6) is 1.08. The highest BCUT2D eigenvalue weighted by Gasteiger charge is 2.24. The topological polar surface area (TPSA) is 36.0 Å². The van der Waals surface area contributed by atoms with Crippen molar-refractivity contribution in [3.8, 4) is 5.75 Å². The summed E-state index contributed by atoms with van der Waals surface area (Å²) in [6.07, 6.45) is 19.2. The molecule has 1 heterocycles. The molecule has 3 rings (SSSR count). The lowest BCUT2D eigenvalue weighted by molar-refractivity contribution is 0.476. The second-order valence-electron chi connectivity index (χ2n) is 8.31. The van der Waals surface area contributed by atoms with Crippen LogP contribution in [0.25, 0.3) is 10.9 Å². The van der Waals surface area contributed by atoms with E-state index >= 15 is 0 Å². The van der Waals surface area contributed by atoms with E-state index in [2.05, 4.69) is 18.0 Å². The van der Waals surface area contributed by atoms with Gasteiger partial charge in [0.2, 0.25) is 0 Å². The molecule has 2 nitrogen and oxygen atoms in total. The zero-order valence-electron chi connectivity index (χ0n) is 16.7. The minimum atomic E-state index is 0.363. The van der Waals surface area contributed by atoms with Gasteiger partial charge in [-0.1, -0.05) is 71.1 Å². The van der Waals surface area contributed by atoms with Crippen LogP contribution in [0.2, 0.25) is 0 Å². The molecule has 0 aliphatic heterocycles. The van der Waals surface area contributed by atoms with E-state index in [0.717, 1.165) is 5.52 Å². The molecule has 0 bridgehead atoms. The van der Waals surface area contributed by atoms with Crippen LogP contribution in [0.4, 0.5) is 0 Å². The van der Waals surface area contributed by atoms with E-state index in [4.69, 9.17) is 0 Å². The molecular weight excluding hydrogens is 318 g/mol. The van der Waals surface area contributed by atoms with Crippen LogP contribution < -0.4 is 0 Å². The first kappa shape index (κ1) is 19.3. The van der Waals surface area contributed by atoms with E-state index in [0.29, 0.717) is 11.7 Å². The van der Waals surface area contributed by atoms with Gasteiger partial charge in [-0.2, -0.15) is 0 Å². The van der Waals surface area contributed by atoms with E-state index in [-0.39, 0.29) is 0 Å². The first-order valence-electron chi connectivity index (χ1n) is 11.1. The number of aromatic nitrogens is 1. The Kier molecular flexibility index (Phi) is 7.46. The summed E-state index contributed by atoms with van der Waals surface area (Å²) in [6, 6.07) is 5.82. The van der Waals surface area contributed by atoms with Crippen LogP contribution in [-0.2, 0) is 6.42 Å². The molecule has 0 amide bonds. The molecule has 0 spiro atoms. The number of unbranched alkanes of at least 4 members (excludes halogenated alkanes) is 9. The number of aryl methyl sites for hydroxylation is 1. The summed E-state index contributed by atoms with van der Waals surface area (Å²) in [7, 11) is 0. The number of aromatic hydroxyl groups is 1. The normalized spacial score (nSPS) is 16.9. The Bertz CT molecular complexity index is 672. The van der Waals surface area contributed by atoms with Crippen molar-refractivity contribution in [2.45, 2.75) is 103 Å². The SMILES string of the molecule is CCCCCCCCCCCCC1CCCc2[nH]c3cc(O)ccc3c21. The molecule has 2 aromatic rings. The summed E-state index contributed by atoms with van der Waals surface area (Å²) >= 11 is 0. The number of hydrogen-bond acceptors (Lipinski definition) is 1. The summed E-state index contributed by atoms with van der Waals surface area (Å²) < 4.78 is 0. The molecule has 26 heavy (non-hydrogen) atoms. The molecule has 0 radical (unpaired) electrons. The number of aromatic amines is 1. The van der Waals surface area contributed by atoms with Crippen molar-refractivity contribution >= 4 is 10.9 Å². The third-order valence-electron chi connectivity index (χ3n) is 6.20. The molecule has 2 N–H and O–H groups in total. The van der Waals surface area contributed by atoms with Crippen molar-refractivity contribution in [1.29, 1.82) is 0 Å². The molecule has 1 aromatic heterocycles. The smallest absolute Gasteiger partial charge is 0.117 e. The molecular formula is C24H37NO. The lowest BCUT2D eigenvalue weighted by Gasteiger charge is -2.23. The first-order valence-corrected chi connectivity index (χ1v) is 11.1. The largest absolute Gasteiger partial charge is 0.508 e. The van der Waals surface area contributed by atoms with E-state index < -0.39 is 0 Å².